The number of amides is 1. The van der Waals surface area contributed by atoms with Gasteiger partial charge in [0.1, 0.15) is 10.5 Å². The van der Waals surface area contributed by atoms with Gasteiger partial charge in [-0.3, -0.25) is 8.75 Å². The van der Waals surface area contributed by atoms with Gasteiger partial charge in [-0.2, -0.15) is 18.2 Å². The van der Waals surface area contributed by atoms with Crippen LogP contribution in [0.3, 0.4) is 0 Å². The number of aryl methyl sites for hydroxylation is 1. The lowest BCUT2D eigenvalue weighted by Crippen LogP contribution is -2.18. The molecule has 0 spiro atoms. The topological polar surface area (TPSA) is 34.4 Å². The Morgan fingerprint density at radius 2 is 1.89 bits per heavy atom. The number of nitrogens with zero attached hydrogens (tertiary/aromatic N) is 2. The molecule has 1 heterocycles. The number of aromatic nitrogens is 1. The van der Waals surface area contributed by atoms with Crippen LogP contribution in [-0.4, -0.2) is 9.86 Å². The zero-order valence-electron chi connectivity index (χ0n) is 15.7. The van der Waals surface area contributed by atoms with E-state index in [1.165, 1.54) is 11.5 Å². The maximum atomic E-state index is 14.2. The maximum absolute atomic E-state index is 14.2. The van der Waals surface area contributed by atoms with Crippen molar-refractivity contribution in [2.45, 2.75) is 58.7 Å². The molecule has 2 rings (SSSR count). The summed E-state index contributed by atoms with van der Waals surface area (Å²) >= 11 is 1.24. The fourth-order valence-electron chi connectivity index (χ4n) is 2.40. The van der Waals surface area contributed by atoms with Gasteiger partial charge in [0.2, 0.25) is 0 Å². The van der Waals surface area contributed by atoms with E-state index in [1.807, 2.05) is 37.8 Å². The van der Waals surface area contributed by atoms with Crippen LogP contribution in [-0.2, 0) is 18.1 Å². The SMILES string of the molecule is CCCCc1cn(C(C)(C)C)sc1=NC(=O)c1cccc(C(F)(F)F)c1F. The monoisotopic (exact) mass is 402 g/mol. The van der Waals surface area contributed by atoms with E-state index < -0.39 is 29.0 Å². The van der Waals surface area contributed by atoms with Gasteiger partial charge in [-0.05, 0) is 57.3 Å². The zero-order chi connectivity index (χ0) is 20.4. The summed E-state index contributed by atoms with van der Waals surface area (Å²) in [5.41, 5.74) is -1.55. The molecule has 0 saturated carbocycles. The highest BCUT2D eigenvalue weighted by atomic mass is 32.1. The Kier molecular flexibility index (Phi) is 6.29. The van der Waals surface area contributed by atoms with Gasteiger partial charge in [0.25, 0.3) is 5.91 Å². The van der Waals surface area contributed by atoms with Crippen molar-refractivity contribution >= 4 is 17.4 Å². The predicted octanol–water partition coefficient (Wildman–Crippen LogP) is 5.55. The Morgan fingerprint density at radius 3 is 2.44 bits per heavy atom. The second kappa shape index (κ2) is 7.96. The summed E-state index contributed by atoms with van der Waals surface area (Å²) in [5, 5.41) is 0. The predicted molar refractivity (Wildman–Crippen MR) is 97.2 cm³/mol. The van der Waals surface area contributed by atoms with E-state index in [9.17, 15) is 22.4 Å². The number of benzene rings is 1. The Morgan fingerprint density at radius 1 is 1.22 bits per heavy atom. The van der Waals surface area contributed by atoms with E-state index in [1.54, 1.807) is 0 Å². The summed E-state index contributed by atoms with van der Waals surface area (Å²) < 4.78 is 55.2. The van der Waals surface area contributed by atoms with Crippen molar-refractivity contribution < 1.29 is 22.4 Å². The van der Waals surface area contributed by atoms with E-state index in [0.29, 0.717) is 17.2 Å². The highest BCUT2D eigenvalue weighted by molar-refractivity contribution is 7.04. The molecule has 0 radical (unpaired) electrons. The average Bonchev–Trinajstić information content (AvgIpc) is 2.95. The first-order valence-electron chi connectivity index (χ1n) is 8.62. The van der Waals surface area contributed by atoms with Crippen LogP contribution >= 0.6 is 11.5 Å². The highest BCUT2D eigenvalue weighted by Crippen LogP contribution is 2.32. The minimum atomic E-state index is -4.87. The smallest absolute Gasteiger partial charge is 0.298 e. The molecule has 0 atom stereocenters. The Labute approximate surface area is 159 Å². The normalized spacial score (nSPS) is 13.3. The lowest BCUT2D eigenvalue weighted by atomic mass is 10.1. The molecule has 2 aromatic rings. The van der Waals surface area contributed by atoms with Crippen LogP contribution in [0.25, 0.3) is 0 Å². The molecule has 3 nitrogen and oxygen atoms in total. The number of rotatable bonds is 4. The first-order valence-corrected chi connectivity index (χ1v) is 9.39. The van der Waals surface area contributed by atoms with E-state index in [-0.39, 0.29) is 5.54 Å². The minimum Gasteiger partial charge on any atom is -0.298 e. The summed E-state index contributed by atoms with van der Waals surface area (Å²) in [7, 11) is 0. The van der Waals surface area contributed by atoms with E-state index >= 15 is 0 Å². The molecule has 1 amide bonds. The molecular weight excluding hydrogens is 380 g/mol. The first kappa shape index (κ1) is 21.3. The maximum Gasteiger partial charge on any atom is 0.419 e. The molecule has 0 unspecified atom stereocenters. The number of unbranched alkanes of at least 4 members (excludes halogenated alkanes) is 1. The number of carbonyl (C=O) groups is 1. The molecule has 27 heavy (non-hydrogen) atoms. The van der Waals surface area contributed by atoms with Crippen molar-refractivity contribution in [2.75, 3.05) is 0 Å². The summed E-state index contributed by atoms with van der Waals surface area (Å²) in [6.07, 6.45) is -0.455. The van der Waals surface area contributed by atoms with Gasteiger partial charge in [0.05, 0.1) is 11.1 Å². The fraction of sp³-hybridized carbons (Fsp3) is 0.474. The van der Waals surface area contributed by atoms with Crippen molar-refractivity contribution in [3.63, 3.8) is 0 Å². The minimum absolute atomic E-state index is 0.232. The Hall–Kier alpha value is -1.96. The van der Waals surface area contributed by atoms with Crippen molar-refractivity contribution in [3.05, 3.63) is 51.6 Å². The number of carbonyl (C=O) groups excluding carboxylic acids is 1. The zero-order valence-corrected chi connectivity index (χ0v) is 16.5. The second-order valence-corrected chi connectivity index (χ2v) is 8.20. The number of hydrogen-bond acceptors (Lipinski definition) is 2. The van der Waals surface area contributed by atoms with Crippen molar-refractivity contribution in [2.24, 2.45) is 4.99 Å². The molecule has 0 aliphatic carbocycles. The fourth-order valence-corrected chi connectivity index (χ4v) is 3.44. The third-order valence-electron chi connectivity index (χ3n) is 3.93. The molecule has 0 aliphatic rings. The summed E-state index contributed by atoms with van der Waals surface area (Å²) in [5.74, 6) is -2.60. The van der Waals surface area contributed by atoms with Gasteiger partial charge >= 0.3 is 6.18 Å². The van der Waals surface area contributed by atoms with Crippen molar-refractivity contribution in [1.82, 2.24) is 3.96 Å². The lowest BCUT2D eigenvalue weighted by Gasteiger charge is -2.19. The van der Waals surface area contributed by atoms with Crippen LogP contribution < -0.4 is 4.67 Å². The van der Waals surface area contributed by atoms with Crippen LogP contribution in [0, 0.1) is 5.82 Å². The highest BCUT2D eigenvalue weighted by Gasteiger charge is 2.35. The quantitative estimate of drug-likeness (QED) is 0.618. The number of halogens is 4. The van der Waals surface area contributed by atoms with Gasteiger partial charge in [-0.1, -0.05) is 19.4 Å². The van der Waals surface area contributed by atoms with Crippen LogP contribution in [0.15, 0.2) is 29.4 Å². The van der Waals surface area contributed by atoms with Crippen LogP contribution in [0.4, 0.5) is 17.6 Å². The molecule has 0 aliphatic heterocycles. The third kappa shape index (κ3) is 5.06. The summed E-state index contributed by atoms with van der Waals surface area (Å²) in [4.78, 5) is 16.4. The standard InChI is InChI=1S/C19H22F4N2OS/c1-5-6-8-12-11-25(18(2,3)4)27-17(12)24-16(26)13-9-7-10-14(15(13)20)19(21,22)23/h7,9-11H,5-6,8H2,1-4H3. The van der Waals surface area contributed by atoms with Crippen molar-refractivity contribution in [3.8, 4) is 0 Å². The van der Waals surface area contributed by atoms with Gasteiger partial charge in [-0.25, -0.2) is 4.39 Å². The van der Waals surface area contributed by atoms with Gasteiger partial charge in [-0.15, -0.1) is 0 Å². The molecule has 0 fully saturated rings. The van der Waals surface area contributed by atoms with E-state index in [2.05, 4.69) is 4.99 Å². The number of hydrogen-bond donors (Lipinski definition) is 0. The van der Waals surface area contributed by atoms with Gasteiger partial charge in [0.15, 0.2) is 0 Å². The number of alkyl halides is 3. The first-order chi connectivity index (χ1) is 12.4. The van der Waals surface area contributed by atoms with Gasteiger partial charge < -0.3 is 0 Å². The largest absolute Gasteiger partial charge is 0.419 e. The molecule has 0 N–H and O–H groups in total. The third-order valence-corrected chi connectivity index (χ3v) is 5.31. The van der Waals surface area contributed by atoms with Crippen LogP contribution in [0.2, 0.25) is 0 Å². The van der Waals surface area contributed by atoms with Crippen LogP contribution in [0.1, 0.15) is 62.0 Å². The molecule has 148 valence electrons. The van der Waals surface area contributed by atoms with Crippen LogP contribution in [0.5, 0.6) is 0 Å². The molecule has 0 saturated heterocycles. The summed E-state index contributed by atoms with van der Waals surface area (Å²) in [6, 6.07) is 2.64. The molecule has 8 heteroatoms. The van der Waals surface area contributed by atoms with E-state index in [0.717, 1.165) is 30.5 Å². The second-order valence-electron chi connectivity index (χ2n) is 7.23. The molecule has 1 aromatic carbocycles. The molecular formula is C19H22F4N2OS. The van der Waals surface area contributed by atoms with E-state index in [4.69, 9.17) is 0 Å². The van der Waals surface area contributed by atoms with Gasteiger partial charge in [0, 0.05) is 17.3 Å². The van der Waals surface area contributed by atoms with Crippen molar-refractivity contribution in [1.29, 1.82) is 0 Å². The Bertz CT molecular complexity index is 888. The molecule has 0 bridgehead atoms. The summed E-state index contributed by atoms with van der Waals surface area (Å²) in [6.45, 7) is 8.01. The molecule has 1 aromatic heterocycles. The Balaban J connectivity index is 2.52. The lowest BCUT2D eigenvalue weighted by molar-refractivity contribution is -0.140. The average molecular weight is 402 g/mol.